The van der Waals surface area contributed by atoms with Crippen LogP contribution in [0.1, 0.15) is 65.9 Å². The fourth-order valence-corrected chi connectivity index (χ4v) is 4.68. The lowest BCUT2D eigenvalue weighted by atomic mass is 10.1. The first-order valence-corrected chi connectivity index (χ1v) is 12.2. The number of nitrogens with zero attached hydrogens (tertiary/aromatic N) is 2. The van der Waals surface area contributed by atoms with Crippen molar-refractivity contribution in [1.29, 1.82) is 0 Å². The molecule has 7 heteroatoms. The molecule has 0 amide bonds. The van der Waals surface area contributed by atoms with Crippen LogP contribution in [0.3, 0.4) is 0 Å². The van der Waals surface area contributed by atoms with Crippen LogP contribution in [-0.2, 0) is 25.8 Å². The number of pyridine rings is 1. The molecular weight excluding hydrogens is 388 g/mol. The van der Waals surface area contributed by atoms with E-state index in [4.69, 9.17) is 4.74 Å². The van der Waals surface area contributed by atoms with Gasteiger partial charge in [0.15, 0.2) is 9.84 Å². The van der Waals surface area contributed by atoms with Crippen molar-refractivity contribution in [1.82, 2.24) is 4.98 Å². The molecule has 0 radical (unpaired) electrons. The van der Waals surface area contributed by atoms with Gasteiger partial charge in [-0.2, -0.15) is 0 Å². The zero-order valence-electron chi connectivity index (χ0n) is 18.5. The number of ketones is 1. The van der Waals surface area contributed by atoms with Crippen molar-refractivity contribution in [3.05, 3.63) is 23.9 Å². The summed E-state index contributed by atoms with van der Waals surface area (Å²) in [6.45, 7) is 11.0. The number of hydrogen-bond acceptors (Lipinski definition) is 6. The van der Waals surface area contributed by atoms with E-state index in [1.165, 1.54) is 0 Å². The molecule has 1 fully saturated rings. The van der Waals surface area contributed by atoms with Crippen molar-refractivity contribution in [2.75, 3.05) is 23.7 Å². The van der Waals surface area contributed by atoms with Gasteiger partial charge in [-0.3, -0.25) is 4.79 Å². The van der Waals surface area contributed by atoms with E-state index in [9.17, 15) is 13.2 Å². The van der Waals surface area contributed by atoms with Crippen molar-refractivity contribution < 1.29 is 17.9 Å². The zero-order valence-corrected chi connectivity index (χ0v) is 19.3. The van der Waals surface area contributed by atoms with E-state index < -0.39 is 14.6 Å². The van der Waals surface area contributed by atoms with Crippen molar-refractivity contribution in [2.45, 2.75) is 83.7 Å². The van der Waals surface area contributed by atoms with Gasteiger partial charge in [-0.05, 0) is 59.1 Å². The first-order chi connectivity index (χ1) is 13.5. The van der Waals surface area contributed by atoms with Crippen LogP contribution in [-0.4, -0.2) is 55.0 Å². The maximum atomic E-state index is 12.2. The molecule has 0 aliphatic carbocycles. The molecule has 0 aromatic carbocycles. The van der Waals surface area contributed by atoms with Gasteiger partial charge in [-0.25, -0.2) is 13.4 Å². The molecule has 0 unspecified atom stereocenters. The lowest BCUT2D eigenvalue weighted by Crippen LogP contribution is -2.45. The largest absolute Gasteiger partial charge is 0.372 e. The summed E-state index contributed by atoms with van der Waals surface area (Å²) in [5.74, 6) is 1.28. The standard InChI is InChI=1S/C22H36N2O4S/c1-17-15-24(16-18(2)28-17)21-11-10-19(14-23-21)13-20(25)9-7-6-8-12-29(26,27)22(3,4)5/h10-11,14,17-18H,6-9,12-13,15-16H2,1-5H3/t17-,18+. The number of carbonyl (C=O) groups excluding carboxylic acids is 1. The fourth-order valence-electron chi connectivity index (χ4n) is 3.49. The van der Waals surface area contributed by atoms with Crippen LogP contribution in [0.5, 0.6) is 0 Å². The summed E-state index contributed by atoms with van der Waals surface area (Å²) in [4.78, 5) is 19.0. The number of Topliss-reactive ketones (excluding diaryl/α,β-unsaturated/α-hetero) is 1. The number of anilines is 1. The normalized spacial score (nSPS) is 20.7. The van der Waals surface area contributed by atoms with Crippen LogP contribution in [0.15, 0.2) is 18.3 Å². The Balaban J connectivity index is 1.73. The van der Waals surface area contributed by atoms with Gasteiger partial charge in [0.2, 0.25) is 0 Å². The SMILES string of the molecule is C[C@@H]1CN(c2ccc(CC(=O)CCCCCS(=O)(=O)C(C)(C)C)cn2)C[C@H](C)O1. The van der Waals surface area contributed by atoms with E-state index in [-0.39, 0.29) is 23.7 Å². The smallest absolute Gasteiger partial charge is 0.155 e. The molecule has 2 atom stereocenters. The maximum absolute atomic E-state index is 12.2. The predicted molar refractivity (Wildman–Crippen MR) is 117 cm³/mol. The van der Waals surface area contributed by atoms with Gasteiger partial charge >= 0.3 is 0 Å². The molecule has 0 N–H and O–H groups in total. The Morgan fingerprint density at radius 2 is 1.79 bits per heavy atom. The number of aromatic nitrogens is 1. The zero-order chi connectivity index (χ0) is 21.7. The number of rotatable bonds is 9. The molecule has 29 heavy (non-hydrogen) atoms. The van der Waals surface area contributed by atoms with Crippen LogP contribution < -0.4 is 4.90 Å². The minimum atomic E-state index is -3.07. The summed E-state index contributed by atoms with van der Waals surface area (Å²) in [6.07, 6.45) is 5.10. The van der Waals surface area contributed by atoms with Crippen molar-refractivity contribution >= 4 is 21.4 Å². The summed E-state index contributed by atoms with van der Waals surface area (Å²) < 4.78 is 29.2. The Kier molecular flexibility index (Phi) is 8.23. The van der Waals surface area contributed by atoms with E-state index >= 15 is 0 Å². The minimum Gasteiger partial charge on any atom is -0.372 e. The minimum absolute atomic E-state index is 0.173. The summed E-state index contributed by atoms with van der Waals surface area (Å²) in [6, 6.07) is 3.95. The van der Waals surface area contributed by atoms with Gasteiger partial charge in [-0.1, -0.05) is 12.5 Å². The molecule has 0 spiro atoms. The second-order valence-electron chi connectivity index (χ2n) is 9.14. The van der Waals surface area contributed by atoms with E-state index in [1.54, 1.807) is 27.0 Å². The summed E-state index contributed by atoms with van der Waals surface area (Å²) >= 11 is 0. The molecular formula is C22H36N2O4S. The second kappa shape index (κ2) is 10.0. The highest BCUT2D eigenvalue weighted by Crippen LogP contribution is 2.20. The molecule has 2 rings (SSSR count). The number of unbranched alkanes of at least 4 members (excludes halogenated alkanes) is 2. The van der Waals surface area contributed by atoms with E-state index in [0.717, 1.165) is 37.3 Å². The second-order valence-corrected chi connectivity index (χ2v) is 12.0. The van der Waals surface area contributed by atoms with Gasteiger partial charge in [0.25, 0.3) is 0 Å². The number of ether oxygens (including phenoxy) is 1. The lowest BCUT2D eigenvalue weighted by Gasteiger charge is -2.36. The molecule has 2 heterocycles. The van der Waals surface area contributed by atoms with Crippen molar-refractivity contribution in [2.24, 2.45) is 0 Å². The summed E-state index contributed by atoms with van der Waals surface area (Å²) in [5, 5.41) is 0. The van der Waals surface area contributed by atoms with Crippen LogP contribution >= 0.6 is 0 Å². The van der Waals surface area contributed by atoms with Gasteiger partial charge in [-0.15, -0.1) is 0 Å². The lowest BCUT2D eigenvalue weighted by molar-refractivity contribution is -0.118. The highest BCUT2D eigenvalue weighted by atomic mass is 32.2. The Bertz CT molecular complexity index is 759. The highest BCUT2D eigenvalue weighted by Gasteiger charge is 2.28. The van der Waals surface area contributed by atoms with E-state index in [2.05, 4.69) is 23.7 Å². The first kappa shape index (κ1) is 23.8. The van der Waals surface area contributed by atoms with Gasteiger partial charge in [0.05, 0.1) is 22.7 Å². The third kappa shape index (κ3) is 7.37. The van der Waals surface area contributed by atoms with Crippen molar-refractivity contribution in [3.63, 3.8) is 0 Å². The molecule has 1 aromatic heterocycles. The predicted octanol–water partition coefficient (Wildman–Crippen LogP) is 3.58. The monoisotopic (exact) mass is 424 g/mol. The number of sulfone groups is 1. The average molecular weight is 425 g/mol. The summed E-state index contributed by atoms with van der Waals surface area (Å²) in [5.41, 5.74) is 0.920. The topological polar surface area (TPSA) is 76.6 Å². The molecule has 1 saturated heterocycles. The number of hydrogen-bond donors (Lipinski definition) is 0. The molecule has 0 bridgehead atoms. The molecule has 1 aromatic rings. The van der Waals surface area contributed by atoms with Gasteiger partial charge < -0.3 is 9.64 Å². The Labute approximate surface area is 176 Å². The summed E-state index contributed by atoms with van der Waals surface area (Å²) in [7, 11) is -3.07. The highest BCUT2D eigenvalue weighted by molar-refractivity contribution is 7.92. The van der Waals surface area contributed by atoms with Gasteiger partial charge in [0, 0.05) is 32.1 Å². The maximum Gasteiger partial charge on any atom is 0.155 e. The molecule has 0 saturated carbocycles. The molecule has 6 nitrogen and oxygen atoms in total. The van der Waals surface area contributed by atoms with E-state index in [0.29, 0.717) is 19.3 Å². The quantitative estimate of drug-likeness (QED) is 0.564. The Morgan fingerprint density at radius 3 is 2.34 bits per heavy atom. The Morgan fingerprint density at radius 1 is 1.14 bits per heavy atom. The number of morpholine rings is 1. The van der Waals surface area contributed by atoms with Crippen LogP contribution in [0, 0.1) is 0 Å². The van der Waals surface area contributed by atoms with Crippen LogP contribution in [0.2, 0.25) is 0 Å². The van der Waals surface area contributed by atoms with Crippen LogP contribution in [0.4, 0.5) is 5.82 Å². The number of carbonyl (C=O) groups is 1. The molecule has 1 aliphatic heterocycles. The van der Waals surface area contributed by atoms with Crippen LogP contribution in [0.25, 0.3) is 0 Å². The van der Waals surface area contributed by atoms with E-state index in [1.807, 2.05) is 12.1 Å². The average Bonchev–Trinajstić information content (AvgIpc) is 2.60. The van der Waals surface area contributed by atoms with Crippen molar-refractivity contribution in [3.8, 4) is 0 Å². The molecule has 1 aliphatic rings. The first-order valence-electron chi connectivity index (χ1n) is 10.6. The molecule has 164 valence electrons. The third-order valence-corrected chi connectivity index (χ3v) is 7.95. The fraction of sp³-hybridized carbons (Fsp3) is 0.727. The van der Waals surface area contributed by atoms with Gasteiger partial charge in [0.1, 0.15) is 11.6 Å². The Hall–Kier alpha value is -1.47. The third-order valence-electron chi connectivity index (χ3n) is 5.26.